The van der Waals surface area contributed by atoms with Gasteiger partial charge in [0.2, 0.25) is 10.0 Å². The van der Waals surface area contributed by atoms with E-state index in [0.717, 1.165) is 21.9 Å². The summed E-state index contributed by atoms with van der Waals surface area (Å²) in [7, 11) is -3.48. The van der Waals surface area contributed by atoms with Crippen molar-refractivity contribution in [2.75, 3.05) is 5.75 Å². The first kappa shape index (κ1) is 8.55. The number of thiophene rings is 1. The van der Waals surface area contributed by atoms with E-state index in [4.69, 9.17) is 5.14 Å². The molecular formula is C6H7NO2S3. The average molecular weight is 221 g/mol. The molecule has 0 spiro atoms. The molecule has 3 nitrogen and oxygen atoms in total. The van der Waals surface area contributed by atoms with Crippen LogP contribution < -0.4 is 5.14 Å². The van der Waals surface area contributed by atoms with Crippen molar-refractivity contribution in [2.45, 2.75) is 14.8 Å². The van der Waals surface area contributed by atoms with E-state index in [0.29, 0.717) is 4.21 Å². The highest BCUT2D eigenvalue weighted by Gasteiger charge is 2.20. The van der Waals surface area contributed by atoms with E-state index in [1.165, 1.54) is 11.3 Å². The molecule has 0 aromatic carbocycles. The lowest BCUT2D eigenvalue weighted by Crippen LogP contribution is -2.10. The first-order chi connectivity index (χ1) is 5.57. The Balaban J connectivity index is 2.51. The van der Waals surface area contributed by atoms with Crippen LogP contribution in [0.25, 0.3) is 0 Å². The second kappa shape index (κ2) is 2.73. The van der Waals surface area contributed by atoms with Crippen molar-refractivity contribution in [1.29, 1.82) is 0 Å². The lowest BCUT2D eigenvalue weighted by molar-refractivity contribution is 0.599. The molecule has 0 bridgehead atoms. The van der Waals surface area contributed by atoms with E-state index in [-0.39, 0.29) is 0 Å². The molecule has 0 atom stereocenters. The van der Waals surface area contributed by atoms with Gasteiger partial charge in [0.05, 0.1) is 4.21 Å². The van der Waals surface area contributed by atoms with Gasteiger partial charge in [-0.05, 0) is 18.1 Å². The highest BCUT2D eigenvalue weighted by molar-refractivity contribution is 8.01. The van der Waals surface area contributed by atoms with Gasteiger partial charge in [0.25, 0.3) is 0 Å². The van der Waals surface area contributed by atoms with Gasteiger partial charge >= 0.3 is 0 Å². The fourth-order valence-electron chi connectivity index (χ4n) is 1.08. The third-order valence-corrected chi connectivity index (χ3v) is 5.56. The molecule has 1 aromatic rings. The van der Waals surface area contributed by atoms with Crippen molar-refractivity contribution < 1.29 is 8.42 Å². The number of primary sulfonamides is 1. The fourth-order valence-corrected chi connectivity index (χ4v) is 4.54. The Kier molecular flexibility index (Phi) is 1.95. The second-order valence-electron chi connectivity index (χ2n) is 2.52. The molecule has 0 saturated carbocycles. The highest BCUT2D eigenvalue weighted by Crippen LogP contribution is 2.39. The lowest BCUT2D eigenvalue weighted by Gasteiger charge is -1.89. The summed E-state index contributed by atoms with van der Waals surface area (Å²) in [5.41, 5.74) is 1.13. The number of sulfonamides is 1. The van der Waals surface area contributed by atoms with Gasteiger partial charge in [-0.1, -0.05) is 0 Å². The first-order valence-corrected chi connectivity index (χ1v) is 6.70. The van der Waals surface area contributed by atoms with Gasteiger partial charge in [-0.25, -0.2) is 13.6 Å². The Morgan fingerprint density at radius 1 is 1.50 bits per heavy atom. The highest BCUT2D eigenvalue weighted by atomic mass is 32.3. The molecule has 1 aliphatic rings. The molecule has 2 N–H and O–H groups in total. The third-order valence-electron chi connectivity index (χ3n) is 1.63. The minimum absolute atomic E-state index is 0.291. The molecule has 0 radical (unpaired) electrons. The maximum Gasteiger partial charge on any atom is 0.247 e. The normalized spacial score (nSPS) is 16.4. The van der Waals surface area contributed by atoms with Crippen LogP contribution in [0.1, 0.15) is 5.56 Å². The zero-order valence-electron chi connectivity index (χ0n) is 6.11. The van der Waals surface area contributed by atoms with Crippen LogP contribution in [0.3, 0.4) is 0 Å². The van der Waals surface area contributed by atoms with Gasteiger partial charge in [-0.3, -0.25) is 0 Å². The number of rotatable bonds is 1. The summed E-state index contributed by atoms with van der Waals surface area (Å²) in [6.07, 6.45) is 0.964. The number of thioether (sulfide) groups is 1. The molecule has 0 aliphatic carbocycles. The third kappa shape index (κ3) is 1.39. The molecular weight excluding hydrogens is 214 g/mol. The molecule has 0 amide bonds. The Morgan fingerprint density at radius 3 is 2.83 bits per heavy atom. The molecule has 1 aliphatic heterocycles. The number of hydrogen-bond donors (Lipinski definition) is 1. The number of aryl methyl sites for hydroxylation is 1. The van der Waals surface area contributed by atoms with Crippen LogP contribution in [-0.4, -0.2) is 14.2 Å². The van der Waals surface area contributed by atoms with Gasteiger partial charge in [0.15, 0.2) is 0 Å². The summed E-state index contributed by atoms with van der Waals surface area (Å²) < 4.78 is 23.2. The minimum atomic E-state index is -3.48. The average Bonchev–Trinajstić information content (AvgIpc) is 2.37. The van der Waals surface area contributed by atoms with E-state index in [1.54, 1.807) is 17.8 Å². The van der Waals surface area contributed by atoms with Crippen LogP contribution in [0.2, 0.25) is 0 Å². The zero-order valence-corrected chi connectivity index (χ0v) is 8.56. The molecule has 6 heteroatoms. The van der Waals surface area contributed by atoms with Gasteiger partial charge in [0.1, 0.15) is 4.21 Å². The van der Waals surface area contributed by atoms with Crippen LogP contribution in [-0.2, 0) is 16.4 Å². The van der Waals surface area contributed by atoms with Crippen LogP contribution in [0.15, 0.2) is 14.5 Å². The summed E-state index contributed by atoms with van der Waals surface area (Å²) in [6, 6.07) is 1.69. The van der Waals surface area contributed by atoms with Crippen LogP contribution >= 0.6 is 23.1 Å². The van der Waals surface area contributed by atoms with Gasteiger partial charge < -0.3 is 0 Å². The van der Waals surface area contributed by atoms with Crippen molar-refractivity contribution in [3.8, 4) is 0 Å². The number of nitrogens with two attached hydrogens (primary N) is 1. The van der Waals surface area contributed by atoms with E-state index < -0.39 is 10.0 Å². The Labute approximate surface area is 79.0 Å². The van der Waals surface area contributed by atoms with Crippen LogP contribution in [0, 0.1) is 0 Å². The number of hydrogen-bond acceptors (Lipinski definition) is 4. The van der Waals surface area contributed by atoms with Crippen molar-refractivity contribution >= 4 is 33.1 Å². The largest absolute Gasteiger partial charge is 0.247 e. The molecule has 12 heavy (non-hydrogen) atoms. The monoisotopic (exact) mass is 221 g/mol. The molecule has 0 fully saturated rings. The summed E-state index contributed by atoms with van der Waals surface area (Å²) in [6.45, 7) is 0. The second-order valence-corrected chi connectivity index (χ2v) is 6.73. The topological polar surface area (TPSA) is 60.2 Å². The quantitative estimate of drug-likeness (QED) is 0.771. The fraction of sp³-hybridized carbons (Fsp3) is 0.333. The molecule has 1 aromatic heterocycles. The van der Waals surface area contributed by atoms with E-state index in [9.17, 15) is 8.42 Å². The zero-order chi connectivity index (χ0) is 8.77. The standard InChI is InChI=1S/C6H7NO2S3/c7-12(8,9)5-3-4-1-2-10-6(4)11-5/h3H,1-2H2,(H2,7,8,9). The van der Waals surface area contributed by atoms with E-state index >= 15 is 0 Å². The Bertz CT molecular complexity index is 385. The van der Waals surface area contributed by atoms with Crippen molar-refractivity contribution in [3.05, 3.63) is 11.6 Å². The van der Waals surface area contributed by atoms with Crippen LogP contribution in [0.5, 0.6) is 0 Å². The van der Waals surface area contributed by atoms with Crippen molar-refractivity contribution in [2.24, 2.45) is 5.14 Å². The first-order valence-electron chi connectivity index (χ1n) is 3.36. The Morgan fingerprint density at radius 2 is 2.25 bits per heavy atom. The summed E-state index contributed by atoms with van der Waals surface area (Å²) in [5, 5.41) is 4.99. The maximum absolute atomic E-state index is 10.9. The predicted molar refractivity (Wildman–Crippen MR) is 50.1 cm³/mol. The summed E-state index contributed by atoms with van der Waals surface area (Å²) in [5.74, 6) is 1.06. The van der Waals surface area contributed by atoms with Gasteiger partial charge in [-0.2, -0.15) is 0 Å². The summed E-state index contributed by atoms with van der Waals surface area (Å²) >= 11 is 2.98. The smallest absolute Gasteiger partial charge is 0.224 e. The van der Waals surface area contributed by atoms with E-state index in [1.807, 2.05) is 0 Å². The molecule has 0 saturated heterocycles. The number of fused-ring (bicyclic) bond motifs is 1. The van der Waals surface area contributed by atoms with Crippen molar-refractivity contribution in [3.63, 3.8) is 0 Å². The minimum Gasteiger partial charge on any atom is -0.224 e. The molecule has 66 valence electrons. The lowest BCUT2D eigenvalue weighted by atomic mass is 10.3. The van der Waals surface area contributed by atoms with E-state index in [2.05, 4.69) is 0 Å². The predicted octanol–water partition coefficient (Wildman–Crippen LogP) is 1.04. The van der Waals surface area contributed by atoms with Gasteiger partial charge in [0, 0.05) is 5.75 Å². The van der Waals surface area contributed by atoms with Crippen molar-refractivity contribution in [1.82, 2.24) is 0 Å². The molecule has 2 rings (SSSR count). The van der Waals surface area contributed by atoms with Crippen LogP contribution in [0.4, 0.5) is 0 Å². The molecule has 0 unspecified atom stereocenters. The maximum atomic E-state index is 10.9. The van der Waals surface area contributed by atoms with Gasteiger partial charge in [-0.15, -0.1) is 23.1 Å². The molecule has 2 heterocycles. The Hall–Kier alpha value is -0.0400. The SMILES string of the molecule is NS(=O)(=O)c1cc2c(s1)SCC2. The summed E-state index contributed by atoms with van der Waals surface area (Å²) in [4.78, 5) is 0.